The van der Waals surface area contributed by atoms with Crippen molar-refractivity contribution in [3.8, 4) is 0 Å². The molecule has 0 heterocycles. The zero-order chi connectivity index (χ0) is 9.52. The predicted octanol–water partition coefficient (Wildman–Crippen LogP) is 2.70. The van der Waals surface area contributed by atoms with Gasteiger partial charge in [0.25, 0.3) is 0 Å². The van der Waals surface area contributed by atoms with Crippen LogP contribution in [0.3, 0.4) is 0 Å². The van der Waals surface area contributed by atoms with Crippen LogP contribution >= 0.6 is 0 Å². The van der Waals surface area contributed by atoms with Gasteiger partial charge in [0.15, 0.2) is 0 Å². The molecule has 0 saturated carbocycles. The number of rotatable bonds is 3. The Morgan fingerprint density at radius 1 is 1.31 bits per heavy atom. The molecule has 2 heteroatoms. The fourth-order valence-electron chi connectivity index (χ4n) is 0.977. The third-order valence-electron chi connectivity index (χ3n) is 1.59. The summed E-state index contributed by atoms with van der Waals surface area (Å²) in [5.41, 5.74) is 2.18. The van der Waals surface area contributed by atoms with Crippen LogP contribution in [0.1, 0.15) is 6.92 Å². The van der Waals surface area contributed by atoms with E-state index in [1.807, 2.05) is 43.3 Å². The van der Waals surface area contributed by atoms with E-state index >= 15 is 0 Å². The van der Waals surface area contributed by atoms with Gasteiger partial charge in [-0.25, -0.2) is 0 Å². The quantitative estimate of drug-likeness (QED) is 0.700. The first-order chi connectivity index (χ1) is 6.33. The molecule has 1 N–H and O–H groups in total. The molecule has 13 heavy (non-hydrogen) atoms. The molecule has 0 unspecified atom stereocenters. The van der Waals surface area contributed by atoms with Crippen LogP contribution in [-0.4, -0.2) is 13.3 Å². The standard InChI is InChI=1S/C11H14N2/c1-10(8-9-12-2)13-11-6-4-3-5-7-11/h3-9,13H,1-2H3/b10-8-,12-9?. The van der Waals surface area contributed by atoms with E-state index in [0.717, 1.165) is 11.4 Å². The number of anilines is 1. The Kier molecular flexibility index (Phi) is 3.76. The van der Waals surface area contributed by atoms with E-state index < -0.39 is 0 Å². The van der Waals surface area contributed by atoms with Crippen molar-refractivity contribution < 1.29 is 0 Å². The van der Waals surface area contributed by atoms with E-state index in [1.165, 1.54) is 0 Å². The van der Waals surface area contributed by atoms with Gasteiger partial charge in [0.2, 0.25) is 0 Å². The molecule has 2 nitrogen and oxygen atoms in total. The molecular formula is C11H14N2. The highest BCUT2D eigenvalue weighted by Crippen LogP contribution is 2.07. The first kappa shape index (κ1) is 9.52. The van der Waals surface area contributed by atoms with Gasteiger partial charge in [-0.2, -0.15) is 0 Å². The van der Waals surface area contributed by atoms with E-state index in [-0.39, 0.29) is 0 Å². The van der Waals surface area contributed by atoms with E-state index in [2.05, 4.69) is 10.3 Å². The van der Waals surface area contributed by atoms with Gasteiger partial charge in [-0.05, 0) is 25.1 Å². The summed E-state index contributed by atoms with van der Waals surface area (Å²) in [6.45, 7) is 2.01. The minimum absolute atomic E-state index is 1.08. The summed E-state index contributed by atoms with van der Waals surface area (Å²) < 4.78 is 0. The van der Waals surface area contributed by atoms with Gasteiger partial charge < -0.3 is 5.32 Å². The molecule has 1 rings (SSSR count). The van der Waals surface area contributed by atoms with Crippen molar-refractivity contribution in [3.05, 3.63) is 42.1 Å². The number of para-hydroxylation sites is 1. The Morgan fingerprint density at radius 3 is 2.62 bits per heavy atom. The molecule has 0 fully saturated rings. The van der Waals surface area contributed by atoms with Crippen molar-refractivity contribution in [2.24, 2.45) is 4.99 Å². The molecule has 0 radical (unpaired) electrons. The van der Waals surface area contributed by atoms with E-state index in [4.69, 9.17) is 0 Å². The van der Waals surface area contributed by atoms with Crippen molar-refractivity contribution in [1.29, 1.82) is 0 Å². The Morgan fingerprint density at radius 2 is 2.00 bits per heavy atom. The Labute approximate surface area is 79.0 Å². The normalized spacial score (nSPS) is 12.0. The summed E-state index contributed by atoms with van der Waals surface area (Å²) in [6.07, 6.45) is 3.71. The Balaban J connectivity index is 2.60. The van der Waals surface area contributed by atoms with Crippen LogP contribution in [0.4, 0.5) is 5.69 Å². The fourth-order valence-corrected chi connectivity index (χ4v) is 0.977. The van der Waals surface area contributed by atoms with Crippen LogP contribution in [0.5, 0.6) is 0 Å². The first-order valence-corrected chi connectivity index (χ1v) is 4.24. The lowest BCUT2D eigenvalue weighted by atomic mass is 10.3. The number of nitrogens with one attached hydrogen (secondary N) is 1. The molecule has 0 aliphatic heterocycles. The molecule has 0 bridgehead atoms. The smallest absolute Gasteiger partial charge is 0.0381 e. The third kappa shape index (κ3) is 3.56. The third-order valence-corrected chi connectivity index (χ3v) is 1.59. The molecular weight excluding hydrogens is 160 g/mol. The van der Waals surface area contributed by atoms with E-state index in [1.54, 1.807) is 13.3 Å². The lowest BCUT2D eigenvalue weighted by molar-refractivity contribution is 1.38. The SMILES string of the molecule is CN=C/C=C(/C)Nc1ccccc1. The monoisotopic (exact) mass is 174 g/mol. The first-order valence-electron chi connectivity index (χ1n) is 4.24. The van der Waals surface area contributed by atoms with Gasteiger partial charge in [0, 0.05) is 24.6 Å². The lowest BCUT2D eigenvalue weighted by Crippen LogP contribution is -1.94. The predicted molar refractivity (Wildman–Crippen MR) is 58.2 cm³/mol. The van der Waals surface area contributed by atoms with Gasteiger partial charge in [0.1, 0.15) is 0 Å². The van der Waals surface area contributed by atoms with Crippen LogP contribution < -0.4 is 5.32 Å². The number of hydrogen-bond donors (Lipinski definition) is 1. The molecule has 0 aromatic heterocycles. The van der Waals surface area contributed by atoms with Crippen LogP contribution in [0.25, 0.3) is 0 Å². The summed E-state index contributed by atoms with van der Waals surface area (Å²) in [5, 5.41) is 3.25. The highest BCUT2D eigenvalue weighted by molar-refractivity contribution is 5.73. The van der Waals surface area contributed by atoms with Crippen molar-refractivity contribution in [2.45, 2.75) is 6.92 Å². The van der Waals surface area contributed by atoms with Gasteiger partial charge in [-0.15, -0.1) is 0 Å². The van der Waals surface area contributed by atoms with Gasteiger partial charge in [-0.3, -0.25) is 4.99 Å². The maximum Gasteiger partial charge on any atom is 0.0381 e. The number of aliphatic imine (C=N–C) groups is 1. The average Bonchev–Trinajstić information content (AvgIpc) is 2.16. The van der Waals surface area contributed by atoms with Crippen molar-refractivity contribution >= 4 is 11.9 Å². The highest BCUT2D eigenvalue weighted by Gasteiger charge is 1.88. The second kappa shape index (κ2) is 5.14. The molecule has 0 spiro atoms. The van der Waals surface area contributed by atoms with Gasteiger partial charge in [0.05, 0.1) is 0 Å². The molecule has 68 valence electrons. The van der Waals surface area contributed by atoms with Crippen molar-refractivity contribution in [2.75, 3.05) is 12.4 Å². The lowest BCUT2D eigenvalue weighted by Gasteiger charge is -2.04. The van der Waals surface area contributed by atoms with Crippen LogP contribution in [0, 0.1) is 0 Å². The van der Waals surface area contributed by atoms with Crippen LogP contribution in [0.15, 0.2) is 47.1 Å². The molecule has 1 aromatic carbocycles. The molecule has 0 amide bonds. The molecule has 0 atom stereocenters. The molecule has 0 saturated heterocycles. The maximum atomic E-state index is 3.88. The zero-order valence-electron chi connectivity index (χ0n) is 7.99. The van der Waals surface area contributed by atoms with Crippen LogP contribution in [0.2, 0.25) is 0 Å². The average molecular weight is 174 g/mol. The van der Waals surface area contributed by atoms with E-state index in [0.29, 0.717) is 0 Å². The summed E-state index contributed by atoms with van der Waals surface area (Å²) in [5.74, 6) is 0. The largest absolute Gasteiger partial charge is 0.359 e. The topological polar surface area (TPSA) is 24.4 Å². The molecule has 0 aliphatic carbocycles. The van der Waals surface area contributed by atoms with Crippen LogP contribution in [-0.2, 0) is 0 Å². The number of nitrogens with zero attached hydrogens (tertiary/aromatic N) is 1. The molecule has 0 aliphatic rings. The Hall–Kier alpha value is -1.57. The summed E-state index contributed by atoms with van der Waals surface area (Å²) in [7, 11) is 1.76. The van der Waals surface area contributed by atoms with Gasteiger partial charge in [-0.1, -0.05) is 18.2 Å². The maximum absolute atomic E-state index is 3.88. The second-order valence-electron chi connectivity index (χ2n) is 2.75. The minimum Gasteiger partial charge on any atom is -0.359 e. The number of allylic oxidation sites excluding steroid dienone is 2. The summed E-state index contributed by atoms with van der Waals surface area (Å²) >= 11 is 0. The van der Waals surface area contributed by atoms with Gasteiger partial charge >= 0.3 is 0 Å². The summed E-state index contributed by atoms with van der Waals surface area (Å²) in [4.78, 5) is 3.88. The molecule has 1 aromatic rings. The number of hydrogen-bond acceptors (Lipinski definition) is 2. The summed E-state index contributed by atoms with van der Waals surface area (Å²) in [6, 6.07) is 10.1. The fraction of sp³-hybridized carbons (Fsp3) is 0.182. The van der Waals surface area contributed by atoms with Crippen molar-refractivity contribution in [3.63, 3.8) is 0 Å². The second-order valence-corrected chi connectivity index (χ2v) is 2.75. The highest BCUT2D eigenvalue weighted by atomic mass is 14.9. The Bertz CT molecular complexity index is 299. The van der Waals surface area contributed by atoms with Crippen molar-refractivity contribution in [1.82, 2.24) is 0 Å². The minimum atomic E-state index is 1.08. The zero-order valence-corrected chi connectivity index (χ0v) is 7.99. The van der Waals surface area contributed by atoms with E-state index in [9.17, 15) is 0 Å². The number of benzene rings is 1.